The number of fused-ring (bicyclic) bond motifs is 3. The molecule has 0 atom stereocenters. The van der Waals surface area contributed by atoms with Crippen molar-refractivity contribution >= 4 is 50.8 Å². The van der Waals surface area contributed by atoms with Crippen molar-refractivity contribution in [2.45, 2.75) is 0 Å². The van der Waals surface area contributed by atoms with Crippen molar-refractivity contribution in [3.8, 4) is 5.75 Å². The number of aromatic nitrogens is 1. The van der Waals surface area contributed by atoms with E-state index < -0.39 is 10.7 Å². The van der Waals surface area contributed by atoms with Crippen molar-refractivity contribution < 1.29 is 19.2 Å². The minimum absolute atomic E-state index is 0.0656. The van der Waals surface area contributed by atoms with Crippen molar-refractivity contribution in [1.82, 2.24) is 9.88 Å². The van der Waals surface area contributed by atoms with Gasteiger partial charge in [0.1, 0.15) is 17.4 Å². The highest BCUT2D eigenvalue weighted by atomic mass is 35.5. The lowest BCUT2D eigenvalue weighted by Crippen LogP contribution is -2.38. The van der Waals surface area contributed by atoms with Crippen LogP contribution in [0.4, 0.5) is 5.69 Å². The number of nitrogens with zero attached hydrogens (tertiary/aromatic N) is 2. The number of aromatic amines is 1. The summed E-state index contributed by atoms with van der Waals surface area (Å²) < 4.78 is 5.95. The number of hydrogen-bond acceptors (Lipinski definition) is 5. The molecule has 0 aliphatic carbocycles. The minimum atomic E-state index is -0.649. The highest BCUT2D eigenvalue weighted by Gasteiger charge is 2.22. The summed E-state index contributed by atoms with van der Waals surface area (Å²) >= 11 is 5.88. The van der Waals surface area contributed by atoms with Crippen LogP contribution in [0.2, 0.25) is 5.02 Å². The van der Waals surface area contributed by atoms with Crippen LogP contribution in [0.5, 0.6) is 5.75 Å². The van der Waals surface area contributed by atoms with Crippen LogP contribution in [0, 0.1) is 10.1 Å². The molecule has 1 aromatic heterocycles. The molecule has 0 saturated carbocycles. The molecule has 190 valence electrons. The fraction of sp³-hybridized carbons (Fsp3) is 0.103. The molecule has 0 saturated heterocycles. The van der Waals surface area contributed by atoms with Crippen molar-refractivity contribution in [1.29, 1.82) is 0 Å². The van der Waals surface area contributed by atoms with E-state index >= 15 is 0 Å². The quantitative estimate of drug-likeness (QED) is 0.138. The number of Topliss-reactive ketones (excluding diaryl/α,β-unsaturated/α-hetero) is 1. The molecule has 0 spiro atoms. The van der Waals surface area contributed by atoms with E-state index in [9.17, 15) is 19.7 Å². The second-order valence-corrected chi connectivity index (χ2v) is 9.07. The SMILES string of the molecule is O=C(CN(CCOc1ccc2c(c1)[nH]c1ccccc12)C(=O)c1ccccc1)c1ccc(Cl)c([N+](=O)[O-])c1. The summed E-state index contributed by atoms with van der Waals surface area (Å²) in [5.41, 5.74) is 2.11. The van der Waals surface area contributed by atoms with Gasteiger partial charge in [0, 0.05) is 39.5 Å². The third-order valence-electron chi connectivity index (χ3n) is 6.21. The standard InChI is InChI=1S/C29H22ClN3O5/c30-24-13-10-20(16-27(24)33(36)37)28(34)18-32(29(35)19-6-2-1-3-7-19)14-15-38-21-11-12-23-22-8-4-5-9-25(22)31-26(23)17-21/h1-13,16-17,31H,14-15,18H2. The molecule has 0 unspecified atom stereocenters. The summed E-state index contributed by atoms with van der Waals surface area (Å²) in [4.78, 5) is 41.6. The monoisotopic (exact) mass is 527 g/mol. The lowest BCUT2D eigenvalue weighted by molar-refractivity contribution is -0.384. The Labute approximate surface area is 222 Å². The Hall–Kier alpha value is -4.69. The van der Waals surface area contributed by atoms with Gasteiger partial charge in [0.15, 0.2) is 5.78 Å². The van der Waals surface area contributed by atoms with E-state index in [0.29, 0.717) is 11.3 Å². The molecule has 38 heavy (non-hydrogen) atoms. The van der Waals surface area contributed by atoms with E-state index in [1.807, 2.05) is 42.5 Å². The number of nitro benzene ring substituents is 1. The minimum Gasteiger partial charge on any atom is -0.492 e. The fourth-order valence-corrected chi connectivity index (χ4v) is 4.49. The molecule has 1 heterocycles. The molecule has 8 nitrogen and oxygen atoms in total. The van der Waals surface area contributed by atoms with E-state index in [2.05, 4.69) is 4.98 Å². The van der Waals surface area contributed by atoms with Gasteiger partial charge in [0.2, 0.25) is 0 Å². The summed E-state index contributed by atoms with van der Waals surface area (Å²) in [6.07, 6.45) is 0. The number of H-pyrrole nitrogens is 1. The third kappa shape index (κ3) is 5.21. The molecule has 5 aromatic rings. The zero-order valence-electron chi connectivity index (χ0n) is 20.1. The number of amides is 1. The Morgan fingerprint density at radius 3 is 2.39 bits per heavy atom. The Morgan fingerprint density at radius 2 is 1.61 bits per heavy atom. The number of nitro groups is 1. The fourth-order valence-electron chi connectivity index (χ4n) is 4.30. The van der Waals surface area contributed by atoms with E-state index in [4.69, 9.17) is 16.3 Å². The Bertz CT molecular complexity index is 1670. The number of carbonyl (C=O) groups is 2. The number of ether oxygens (including phenoxy) is 1. The number of rotatable bonds is 9. The van der Waals surface area contributed by atoms with Gasteiger partial charge in [-0.25, -0.2) is 0 Å². The van der Waals surface area contributed by atoms with Gasteiger partial charge in [-0.1, -0.05) is 48.0 Å². The molecule has 1 N–H and O–H groups in total. The smallest absolute Gasteiger partial charge is 0.288 e. The largest absolute Gasteiger partial charge is 0.492 e. The zero-order valence-corrected chi connectivity index (χ0v) is 20.9. The van der Waals surface area contributed by atoms with Gasteiger partial charge in [-0.3, -0.25) is 19.7 Å². The highest BCUT2D eigenvalue weighted by molar-refractivity contribution is 6.32. The van der Waals surface area contributed by atoms with Gasteiger partial charge < -0.3 is 14.6 Å². The van der Waals surface area contributed by atoms with E-state index in [1.165, 1.54) is 17.0 Å². The molecule has 0 fully saturated rings. The lowest BCUT2D eigenvalue weighted by Gasteiger charge is -2.22. The first kappa shape index (κ1) is 25.0. The molecule has 0 aliphatic heterocycles. The van der Waals surface area contributed by atoms with Crippen molar-refractivity contribution in [3.63, 3.8) is 0 Å². The normalized spacial score (nSPS) is 11.0. The number of benzene rings is 4. The molecular weight excluding hydrogens is 506 g/mol. The maximum atomic E-state index is 13.2. The highest BCUT2D eigenvalue weighted by Crippen LogP contribution is 2.28. The first-order chi connectivity index (χ1) is 18.4. The summed E-state index contributed by atoms with van der Waals surface area (Å²) in [5.74, 6) is -0.179. The van der Waals surface area contributed by atoms with E-state index in [1.54, 1.807) is 30.3 Å². The second kappa shape index (κ2) is 10.7. The van der Waals surface area contributed by atoms with Crippen LogP contribution in [0.25, 0.3) is 21.8 Å². The van der Waals surface area contributed by atoms with Crippen LogP contribution < -0.4 is 4.74 Å². The molecule has 5 rings (SSSR count). The van der Waals surface area contributed by atoms with Gasteiger partial charge in [0.25, 0.3) is 11.6 Å². The van der Waals surface area contributed by atoms with Gasteiger partial charge in [-0.15, -0.1) is 0 Å². The van der Waals surface area contributed by atoms with Crippen LogP contribution in [0.3, 0.4) is 0 Å². The number of carbonyl (C=O) groups excluding carboxylic acids is 2. The average Bonchev–Trinajstić information content (AvgIpc) is 3.30. The van der Waals surface area contributed by atoms with Crippen LogP contribution in [0.1, 0.15) is 20.7 Å². The molecule has 0 aliphatic rings. The first-order valence-electron chi connectivity index (χ1n) is 11.9. The topological polar surface area (TPSA) is 106 Å². The molecule has 4 aromatic carbocycles. The van der Waals surface area contributed by atoms with Crippen molar-refractivity contribution in [2.75, 3.05) is 19.7 Å². The van der Waals surface area contributed by atoms with Crippen LogP contribution in [-0.4, -0.2) is 46.2 Å². The molecule has 0 radical (unpaired) electrons. The van der Waals surface area contributed by atoms with E-state index in [0.717, 1.165) is 27.9 Å². The first-order valence-corrected chi connectivity index (χ1v) is 12.2. The van der Waals surface area contributed by atoms with Crippen LogP contribution >= 0.6 is 11.6 Å². The Morgan fingerprint density at radius 1 is 0.868 bits per heavy atom. The van der Waals surface area contributed by atoms with Crippen molar-refractivity contribution in [2.24, 2.45) is 0 Å². The number of halogens is 1. The predicted molar refractivity (Wildman–Crippen MR) is 146 cm³/mol. The maximum absolute atomic E-state index is 13.2. The number of hydrogen-bond donors (Lipinski definition) is 1. The second-order valence-electron chi connectivity index (χ2n) is 8.67. The molecular formula is C29H22ClN3O5. The van der Waals surface area contributed by atoms with Crippen LogP contribution in [0.15, 0.2) is 91.0 Å². The maximum Gasteiger partial charge on any atom is 0.288 e. The summed E-state index contributed by atoms with van der Waals surface area (Å²) in [6.45, 7) is -0.0187. The van der Waals surface area contributed by atoms with Gasteiger partial charge in [-0.2, -0.15) is 0 Å². The summed E-state index contributed by atoms with van der Waals surface area (Å²) in [7, 11) is 0. The molecule has 1 amide bonds. The molecule has 0 bridgehead atoms. The van der Waals surface area contributed by atoms with Gasteiger partial charge in [-0.05, 0) is 42.5 Å². The Balaban J connectivity index is 1.33. The summed E-state index contributed by atoms with van der Waals surface area (Å²) in [5, 5.41) is 13.4. The van der Waals surface area contributed by atoms with Crippen LogP contribution in [-0.2, 0) is 0 Å². The van der Waals surface area contributed by atoms with Gasteiger partial charge in [0.05, 0.1) is 23.5 Å². The van der Waals surface area contributed by atoms with E-state index in [-0.39, 0.29) is 41.9 Å². The van der Waals surface area contributed by atoms with Crippen molar-refractivity contribution in [3.05, 3.63) is 117 Å². The zero-order chi connectivity index (χ0) is 26.6. The van der Waals surface area contributed by atoms with Gasteiger partial charge >= 0.3 is 0 Å². The predicted octanol–water partition coefficient (Wildman–Crippen LogP) is 6.29. The summed E-state index contributed by atoms with van der Waals surface area (Å²) in [6, 6.07) is 26.2. The molecule has 9 heteroatoms. The Kier molecular flexibility index (Phi) is 7.06. The number of para-hydroxylation sites is 1. The third-order valence-corrected chi connectivity index (χ3v) is 6.53. The number of ketones is 1. The average molecular weight is 528 g/mol. The lowest BCUT2D eigenvalue weighted by atomic mass is 10.1. The number of nitrogens with one attached hydrogen (secondary N) is 1.